The topological polar surface area (TPSA) is 19.0 Å². The first kappa shape index (κ1) is 34.3. The largest absolute Gasteiger partial charge is 0.379 e. The predicted octanol–water partition coefficient (Wildman–Crippen LogP) is 9.65. The van der Waals surface area contributed by atoms with Gasteiger partial charge in [0.15, 0.2) is 0 Å². The van der Waals surface area contributed by atoms with Crippen LogP contribution in [0.3, 0.4) is 0 Å². The highest BCUT2D eigenvalue weighted by Crippen LogP contribution is 2.40. The number of nitrogens with zero attached hydrogens (tertiary/aromatic N) is 3. The fraction of sp³-hybridized carbons (Fsp3) is 0.538. The molecular formula is C39H56ClN3O. The van der Waals surface area contributed by atoms with Crippen molar-refractivity contribution in [2.75, 3.05) is 63.3 Å². The van der Waals surface area contributed by atoms with Crippen molar-refractivity contribution in [1.82, 2.24) is 4.90 Å². The molecule has 1 fully saturated rings. The van der Waals surface area contributed by atoms with Crippen LogP contribution in [-0.4, -0.2) is 58.4 Å². The Morgan fingerprint density at radius 1 is 0.773 bits per heavy atom. The first-order chi connectivity index (χ1) is 20.9. The van der Waals surface area contributed by atoms with Crippen LogP contribution in [0.4, 0.5) is 17.1 Å². The van der Waals surface area contributed by atoms with Gasteiger partial charge in [-0.2, -0.15) is 0 Å². The van der Waals surface area contributed by atoms with E-state index in [0.29, 0.717) is 17.8 Å². The average Bonchev–Trinajstić information content (AvgIpc) is 2.98. The van der Waals surface area contributed by atoms with Gasteiger partial charge < -0.3 is 14.5 Å². The standard InChI is InChI=1S/C39H56ClN3O/c1-26(2)32-13-11-29(7)25-37(32)42(10)36-16-15-34(28(5)6)39(30(36)8)41(9)19-17-31-12-14-33(27(3)4)38(40)35(31)18-20-43-21-23-44-24-22-43/h11-16,25-28H,17-24H2,1-10H3. The van der Waals surface area contributed by atoms with Gasteiger partial charge in [-0.3, -0.25) is 4.90 Å². The van der Waals surface area contributed by atoms with Crippen molar-refractivity contribution in [3.05, 3.63) is 86.4 Å². The number of hydrogen-bond donors (Lipinski definition) is 0. The van der Waals surface area contributed by atoms with Crippen molar-refractivity contribution in [1.29, 1.82) is 0 Å². The Morgan fingerprint density at radius 2 is 1.39 bits per heavy atom. The summed E-state index contributed by atoms with van der Waals surface area (Å²) in [6, 6.07) is 16.1. The number of morpholine rings is 1. The summed E-state index contributed by atoms with van der Waals surface area (Å²) in [7, 11) is 4.49. The number of benzene rings is 3. The van der Waals surface area contributed by atoms with E-state index in [9.17, 15) is 0 Å². The summed E-state index contributed by atoms with van der Waals surface area (Å²) in [5.41, 5.74) is 13.3. The molecule has 0 radical (unpaired) electrons. The van der Waals surface area contributed by atoms with Gasteiger partial charge in [-0.25, -0.2) is 0 Å². The van der Waals surface area contributed by atoms with Crippen LogP contribution < -0.4 is 9.80 Å². The molecule has 0 aliphatic carbocycles. The van der Waals surface area contributed by atoms with Gasteiger partial charge in [-0.15, -0.1) is 0 Å². The zero-order valence-corrected chi connectivity index (χ0v) is 29.8. The summed E-state index contributed by atoms with van der Waals surface area (Å²) >= 11 is 7.15. The molecule has 4 rings (SSSR count). The van der Waals surface area contributed by atoms with Gasteiger partial charge >= 0.3 is 0 Å². The Kier molecular flexibility index (Phi) is 11.8. The molecule has 3 aromatic rings. The molecule has 44 heavy (non-hydrogen) atoms. The summed E-state index contributed by atoms with van der Waals surface area (Å²) < 4.78 is 5.59. The van der Waals surface area contributed by atoms with Crippen molar-refractivity contribution < 1.29 is 4.74 Å². The third-order valence-corrected chi connectivity index (χ3v) is 9.90. The van der Waals surface area contributed by atoms with Gasteiger partial charge in [0.2, 0.25) is 0 Å². The molecule has 1 saturated heterocycles. The van der Waals surface area contributed by atoms with Crippen LogP contribution in [0.5, 0.6) is 0 Å². The minimum absolute atomic E-state index is 0.405. The second kappa shape index (κ2) is 15.2. The minimum atomic E-state index is 0.405. The van der Waals surface area contributed by atoms with Gasteiger partial charge in [0, 0.05) is 62.4 Å². The quantitative estimate of drug-likeness (QED) is 0.201. The molecule has 4 nitrogen and oxygen atoms in total. The Labute approximate surface area is 273 Å². The maximum Gasteiger partial charge on any atom is 0.0594 e. The molecule has 0 N–H and O–H groups in total. The monoisotopic (exact) mass is 617 g/mol. The van der Waals surface area contributed by atoms with Crippen LogP contribution in [0.1, 0.15) is 98.2 Å². The lowest BCUT2D eigenvalue weighted by Crippen LogP contribution is -2.37. The molecular weight excluding hydrogens is 562 g/mol. The Bertz CT molecular complexity index is 1410. The smallest absolute Gasteiger partial charge is 0.0594 e. The molecule has 3 aromatic carbocycles. The van der Waals surface area contributed by atoms with E-state index in [-0.39, 0.29) is 0 Å². The fourth-order valence-corrected chi connectivity index (χ4v) is 7.23. The van der Waals surface area contributed by atoms with Crippen LogP contribution in [-0.2, 0) is 17.6 Å². The van der Waals surface area contributed by atoms with E-state index >= 15 is 0 Å². The molecule has 1 aliphatic heterocycles. The molecule has 0 saturated carbocycles. The van der Waals surface area contributed by atoms with E-state index in [4.69, 9.17) is 16.3 Å². The van der Waals surface area contributed by atoms with Crippen LogP contribution >= 0.6 is 11.6 Å². The van der Waals surface area contributed by atoms with Gasteiger partial charge in [-0.1, -0.05) is 83.5 Å². The maximum atomic E-state index is 7.15. The van der Waals surface area contributed by atoms with Crippen molar-refractivity contribution in [3.63, 3.8) is 0 Å². The first-order valence-electron chi connectivity index (χ1n) is 16.7. The lowest BCUT2D eigenvalue weighted by Gasteiger charge is -2.32. The van der Waals surface area contributed by atoms with E-state index < -0.39 is 0 Å². The first-order valence-corrected chi connectivity index (χ1v) is 17.1. The van der Waals surface area contributed by atoms with Crippen LogP contribution in [0.25, 0.3) is 0 Å². The molecule has 0 spiro atoms. The third-order valence-electron chi connectivity index (χ3n) is 9.46. The molecule has 0 unspecified atom stereocenters. The molecule has 0 amide bonds. The Morgan fingerprint density at radius 3 is 2.02 bits per heavy atom. The lowest BCUT2D eigenvalue weighted by molar-refractivity contribution is 0.0384. The summed E-state index contributed by atoms with van der Waals surface area (Å²) in [5, 5.41) is 0.968. The van der Waals surface area contributed by atoms with E-state index in [1.807, 2.05) is 0 Å². The number of hydrogen-bond acceptors (Lipinski definition) is 4. The zero-order chi connectivity index (χ0) is 32.1. The van der Waals surface area contributed by atoms with Gasteiger partial charge in [-0.05, 0) is 95.5 Å². The number of aryl methyl sites for hydroxylation is 1. The average molecular weight is 618 g/mol. The SMILES string of the molecule is Cc1ccc(C(C)C)c(N(C)c2ccc(C(C)C)c(N(C)CCc3ccc(C(C)C)c(Cl)c3CCN3CCOCC3)c2C)c1. The summed E-state index contributed by atoms with van der Waals surface area (Å²) in [6.07, 6.45) is 1.93. The van der Waals surface area contributed by atoms with Crippen LogP contribution in [0.2, 0.25) is 5.02 Å². The molecule has 1 heterocycles. The highest BCUT2D eigenvalue weighted by molar-refractivity contribution is 6.32. The normalized spacial score (nSPS) is 14.2. The van der Waals surface area contributed by atoms with Gasteiger partial charge in [0.1, 0.15) is 0 Å². The second-order valence-corrected chi connectivity index (χ2v) is 14.1. The number of halogens is 1. The molecule has 1 aliphatic rings. The molecule has 0 aromatic heterocycles. The van der Waals surface area contributed by atoms with Crippen molar-refractivity contribution in [2.45, 2.75) is 86.0 Å². The van der Waals surface area contributed by atoms with Gasteiger partial charge in [0.05, 0.1) is 13.2 Å². The van der Waals surface area contributed by atoms with Crippen LogP contribution in [0.15, 0.2) is 42.5 Å². The van der Waals surface area contributed by atoms with E-state index in [2.05, 4.69) is 127 Å². The number of likely N-dealkylation sites (N-methyl/N-ethyl adjacent to an activating group) is 1. The molecule has 0 atom stereocenters. The lowest BCUT2D eigenvalue weighted by atomic mass is 9.93. The molecule has 0 bridgehead atoms. The Hall–Kier alpha value is -2.53. The van der Waals surface area contributed by atoms with E-state index in [1.54, 1.807) is 0 Å². The van der Waals surface area contributed by atoms with Crippen molar-refractivity contribution >= 4 is 28.7 Å². The highest BCUT2D eigenvalue weighted by Gasteiger charge is 2.22. The number of anilines is 3. The second-order valence-electron chi connectivity index (χ2n) is 13.7. The molecule has 240 valence electrons. The zero-order valence-electron chi connectivity index (χ0n) is 29.1. The Balaban J connectivity index is 1.64. The van der Waals surface area contributed by atoms with Crippen molar-refractivity contribution in [3.8, 4) is 0 Å². The van der Waals surface area contributed by atoms with E-state index in [0.717, 1.165) is 57.3 Å². The highest BCUT2D eigenvalue weighted by atomic mass is 35.5. The van der Waals surface area contributed by atoms with Gasteiger partial charge in [0.25, 0.3) is 0 Å². The fourth-order valence-electron chi connectivity index (χ4n) is 6.73. The summed E-state index contributed by atoms with van der Waals surface area (Å²) in [6.45, 7) is 23.7. The van der Waals surface area contributed by atoms with E-state index in [1.165, 1.54) is 56.0 Å². The third kappa shape index (κ3) is 7.81. The minimum Gasteiger partial charge on any atom is -0.379 e. The molecule has 5 heteroatoms. The van der Waals surface area contributed by atoms with Crippen molar-refractivity contribution in [2.24, 2.45) is 0 Å². The van der Waals surface area contributed by atoms with Crippen LogP contribution in [0, 0.1) is 13.8 Å². The number of rotatable bonds is 12. The number of ether oxygens (including phenoxy) is 1. The summed E-state index contributed by atoms with van der Waals surface area (Å²) in [4.78, 5) is 7.39. The predicted molar refractivity (Wildman–Crippen MR) is 192 cm³/mol. The maximum absolute atomic E-state index is 7.15. The summed E-state index contributed by atoms with van der Waals surface area (Å²) in [5.74, 6) is 1.29.